The summed E-state index contributed by atoms with van der Waals surface area (Å²) in [5, 5.41) is 3.35. The lowest BCUT2D eigenvalue weighted by atomic mass is 9.75. The Kier molecular flexibility index (Phi) is 3.61. The van der Waals surface area contributed by atoms with Gasteiger partial charge in [-0.1, -0.05) is 68.3 Å². The SMILES string of the molecule is C=C1NC(=C)C(C)(c2ccccc2)C(=C)N1c1ccccc1C. The molecule has 116 valence electrons. The van der Waals surface area contributed by atoms with Crippen LogP contribution in [-0.4, -0.2) is 0 Å². The number of anilines is 1. The standard InChI is InChI=1S/C21H22N2/c1-15-11-9-10-14-20(15)23-17(3)21(5,16(2)22-18(23)4)19-12-7-6-8-13-19/h6-14,22H,2-4H2,1,5H3. The van der Waals surface area contributed by atoms with Crippen LogP contribution in [0, 0.1) is 6.92 Å². The molecule has 0 spiro atoms. The molecule has 1 fully saturated rings. The highest BCUT2D eigenvalue weighted by Crippen LogP contribution is 2.44. The van der Waals surface area contributed by atoms with Crippen LogP contribution < -0.4 is 10.2 Å². The molecule has 0 saturated carbocycles. The van der Waals surface area contributed by atoms with Crippen molar-refractivity contribution in [2.75, 3.05) is 4.90 Å². The molecule has 2 aromatic carbocycles. The third-order valence-electron chi connectivity index (χ3n) is 4.72. The smallest absolute Gasteiger partial charge is 0.107 e. The second-order valence-corrected chi connectivity index (χ2v) is 6.11. The van der Waals surface area contributed by atoms with Gasteiger partial charge in [0.2, 0.25) is 0 Å². The van der Waals surface area contributed by atoms with Crippen LogP contribution in [0.5, 0.6) is 0 Å². The molecule has 3 rings (SSSR count). The van der Waals surface area contributed by atoms with Crippen LogP contribution in [0.3, 0.4) is 0 Å². The number of para-hydroxylation sites is 1. The van der Waals surface area contributed by atoms with Crippen molar-refractivity contribution in [2.45, 2.75) is 19.3 Å². The van der Waals surface area contributed by atoms with Crippen molar-refractivity contribution in [1.82, 2.24) is 5.32 Å². The summed E-state index contributed by atoms with van der Waals surface area (Å²) < 4.78 is 0. The first-order valence-corrected chi connectivity index (χ1v) is 7.72. The van der Waals surface area contributed by atoms with Crippen LogP contribution in [0.15, 0.2) is 91.5 Å². The molecule has 2 nitrogen and oxygen atoms in total. The Labute approximate surface area is 138 Å². The number of nitrogens with zero attached hydrogens (tertiary/aromatic N) is 1. The van der Waals surface area contributed by atoms with Gasteiger partial charge in [0.05, 0.1) is 11.1 Å². The molecule has 23 heavy (non-hydrogen) atoms. The van der Waals surface area contributed by atoms with Crippen LogP contribution in [0.25, 0.3) is 0 Å². The van der Waals surface area contributed by atoms with Gasteiger partial charge >= 0.3 is 0 Å². The van der Waals surface area contributed by atoms with E-state index in [9.17, 15) is 0 Å². The first kappa shape index (κ1) is 15.2. The number of benzene rings is 2. The number of rotatable bonds is 2. The predicted octanol–water partition coefficient (Wildman–Crippen LogP) is 4.86. The molecule has 1 aliphatic heterocycles. The highest BCUT2D eigenvalue weighted by molar-refractivity contribution is 5.67. The summed E-state index contributed by atoms with van der Waals surface area (Å²) >= 11 is 0. The average Bonchev–Trinajstić information content (AvgIpc) is 2.55. The van der Waals surface area contributed by atoms with Crippen molar-refractivity contribution in [3.8, 4) is 0 Å². The van der Waals surface area contributed by atoms with Gasteiger partial charge < -0.3 is 5.32 Å². The zero-order chi connectivity index (χ0) is 16.6. The molecule has 2 aromatic rings. The summed E-state index contributed by atoms with van der Waals surface area (Å²) in [6, 6.07) is 18.6. The Bertz CT molecular complexity index is 788. The number of hydrogen-bond donors (Lipinski definition) is 1. The highest BCUT2D eigenvalue weighted by Gasteiger charge is 2.41. The average molecular weight is 302 g/mol. The molecule has 0 aromatic heterocycles. The fourth-order valence-electron chi connectivity index (χ4n) is 3.13. The van der Waals surface area contributed by atoms with E-state index in [0.717, 1.165) is 28.5 Å². The second kappa shape index (κ2) is 5.47. The molecule has 1 atom stereocenters. The van der Waals surface area contributed by atoms with Gasteiger partial charge in [-0.05, 0) is 31.0 Å². The van der Waals surface area contributed by atoms with Crippen molar-refractivity contribution < 1.29 is 0 Å². The summed E-state index contributed by atoms with van der Waals surface area (Å²) in [7, 11) is 0. The minimum Gasteiger partial charge on any atom is -0.345 e. The lowest BCUT2D eigenvalue weighted by Gasteiger charge is -2.47. The normalized spacial score (nSPS) is 21.3. The van der Waals surface area contributed by atoms with Crippen molar-refractivity contribution in [3.63, 3.8) is 0 Å². The topological polar surface area (TPSA) is 15.3 Å². The molecular weight excluding hydrogens is 280 g/mol. The molecule has 1 unspecified atom stereocenters. The quantitative estimate of drug-likeness (QED) is 0.852. The van der Waals surface area contributed by atoms with E-state index in [1.54, 1.807) is 0 Å². The van der Waals surface area contributed by atoms with E-state index in [4.69, 9.17) is 0 Å². The molecule has 0 amide bonds. The fraction of sp³-hybridized carbons (Fsp3) is 0.143. The van der Waals surface area contributed by atoms with E-state index in [2.05, 4.69) is 68.1 Å². The molecular formula is C21H22N2. The molecule has 0 radical (unpaired) electrons. The van der Waals surface area contributed by atoms with Gasteiger partial charge in [-0.2, -0.15) is 0 Å². The van der Waals surface area contributed by atoms with E-state index >= 15 is 0 Å². The fourth-order valence-corrected chi connectivity index (χ4v) is 3.13. The maximum Gasteiger partial charge on any atom is 0.107 e. The van der Waals surface area contributed by atoms with Crippen molar-refractivity contribution >= 4 is 5.69 Å². The van der Waals surface area contributed by atoms with Gasteiger partial charge in [0.1, 0.15) is 5.82 Å². The van der Waals surface area contributed by atoms with Crippen LogP contribution in [0.4, 0.5) is 5.69 Å². The highest BCUT2D eigenvalue weighted by atomic mass is 15.3. The zero-order valence-electron chi connectivity index (χ0n) is 13.8. The first-order chi connectivity index (χ1) is 11.0. The lowest BCUT2D eigenvalue weighted by molar-refractivity contribution is 0.556. The van der Waals surface area contributed by atoms with Crippen LogP contribution in [0.2, 0.25) is 0 Å². The largest absolute Gasteiger partial charge is 0.345 e. The van der Waals surface area contributed by atoms with E-state index in [1.165, 1.54) is 5.56 Å². The van der Waals surface area contributed by atoms with Gasteiger partial charge in [0.15, 0.2) is 0 Å². The molecule has 2 heteroatoms. The lowest BCUT2D eigenvalue weighted by Crippen LogP contribution is -2.49. The maximum absolute atomic E-state index is 4.41. The monoisotopic (exact) mass is 302 g/mol. The summed E-state index contributed by atoms with van der Waals surface area (Å²) in [5.41, 5.74) is 4.87. The Morgan fingerprint density at radius 3 is 2.17 bits per heavy atom. The third kappa shape index (κ3) is 2.27. The molecule has 1 saturated heterocycles. The number of hydrogen-bond acceptors (Lipinski definition) is 2. The summed E-state index contributed by atoms with van der Waals surface area (Å²) in [5.74, 6) is 0.780. The number of aryl methyl sites for hydroxylation is 1. The molecule has 1 aliphatic rings. The zero-order valence-corrected chi connectivity index (χ0v) is 13.8. The first-order valence-electron chi connectivity index (χ1n) is 7.72. The predicted molar refractivity (Wildman–Crippen MR) is 98.0 cm³/mol. The second-order valence-electron chi connectivity index (χ2n) is 6.11. The molecule has 1 heterocycles. The minimum atomic E-state index is -0.398. The van der Waals surface area contributed by atoms with E-state index in [-0.39, 0.29) is 0 Å². The van der Waals surface area contributed by atoms with Crippen molar-refractivity contribution in [3.05, 3.63) is 103 Å². The summed E-state index contributed by atoms with van der Waals surface area (Å²) in [6.45, 7) is 17.1. The Hall–Kier alpha value is -2.74. The Balaban J connectivity index is 2.14. The van der Waals surface area contributed by atoms with Gasteiger partial charge in [-0.15, -0.1) is 0 Å². The Morgan fingerprint density at radius 1 is 0.913 bits per heavy atom. The van der Waals surface area contributed by atoms with Gasteiger partial charge in [-0.25, -0.2) is 0 Å². The van der Waals surface area contributed by atoms with Crippen molar-refractivity contribution in [2.24, 2.45) is 0 Å². The minimum absolute atomic E-state index is 0.398. The van der Waals surface area contributed by atoms with Crippen LogP contribution in [-0.2, 0) is 5.41 Å². The van der Waals surface area contributed by atoms with Gasteiger partial charge in [0.25, 0.3) is 0 Å². The van der Waals surface area contributed by atoms with Crippen molar-refractivity contribution in [1.29, 1.82) is 0 Å². The van der Waals surface area contributed by atoms with E-state index in [0.29, 0.717) is 0 Å². The van der Waals surface area contributed by atoms with Crippen LogP contribution >= 0.6 is 0 Å². The van der Waals surface area contributed by atoms with E-state index < -0.39 is 5.41 Å². The molecule has 0 aliphatic carbocycles. The number of nitrogens with one attached hydrogen (secondary N) is 1. The van der Waals surface area contributed by atoms with Gasteiger partial charge in [-0.3, -0.25) is 4.90 Å². The molecule has 0 bridgehead atoms. The van der Waals surface area contributed by atoms with Crippen LogP contribution in [0.1, 0.15) is 18.1 Å². The molecule has 1 N–H and O–H groups in total. The van der Waals surface area contributed by atoms with E-state index in [1.807, 2.05) is 30.3 Å². The van der Waals surface area contributed by atoms with Gasteiger partial charge in [0, 0.05) is 11.4 Å². The summed E-state index contributed by atoms with van der Waals surface area (Å²) in [4.78, 5) is 2.09. The maximum atomic E-state index is 4.41. The third-order valence-corrected chi connectivity index (χ3v) is 4.72. The Morgan fingerprint density at radius 2 is 1.52 bits per heavy atom. The summed E-state index contributed by atoms with van der Waals surface area (Å²) in [6.07, 6.45) is 0.